The summed E-state index contributed by atoms with van der Waals surface area (Å²) < 4.78 is 4.79. The number of hydrogen-bond acceptors (Lipinski definition) is 3. The molecule has 0 aliphatic carbocycles. The van der Waals surface area contributed by atoms with E-state index in [-0.39, 0.29) is 0 Å². The Morgan fingerprint density at radius 1 is 1.78 bits per heavy atom. The van der Waals surface area contributed by atoms with E-state index in [1.165, 1.54) is 0 Å². The highest BCUT2D eigenvalue weighted by atomic mass is 16.6. The molecule has 0 aliphatic rings. The number of nitrogens with two attached hydrogens (primary N) is 1. The third kappa shape index (κ3) is 5.49. The summed E-state index contributed by atoms with van der Waals surface area (Å²) in [5, 5.41) is 8.83. The van der Waals surface area contributed by atoms with Crippen molar-refractivity contribution >= 4 is 0 Å². The molecule has 0 aromatic rings. The van der Waals surface area contributed by atoms with E-state index < -0.39 is 6.29 Å². The van der Waals surface area contributed by atoms with Crippen molar-refractivity contribution in [2.75, 3.05) is 13.2 Å². The SMILES string of the molecule is C=CCOC(O)CCN. The molecule has 0 amide bonds. The van der Waals surface area contributed by atoms with Crippen LogP contribution in [0.15, 0.2) is 12.7 Å². The van der Waals surface area contributed by atoms with E-state index in [2.05, 4.69) is 6.58 Å². The quantitative estimate of drug-likeness (QED) is 0.403. The number of aliphatic hydroxyl groups is 1. The summed E-state index contributed by atoms with van der Waals surface area (Å²) >= 11 is 0. The van der Waals surface area contributed by atoms with Gasteiger partial charge in [-0.05, 0) is 6.54 Å². The second-order valence-corrected chi connectivity index (χ2v) is 1.65. The Bertz CT molecular complexity index is 75.5. The van der Waals surface area contributed by atoms with E-state index in [1.807, 2.05) is 0 Å². The van der Waals surface area contributed by atoms with Crippen molar-refractivity contribution in [3.8, 4) is 0 Å². The monoisotopic (exact) mass is 131 g/mol. The van der Waals surface area contributed by atoms with Crippen molar-refractivity contribution in [2.24, 2.45) is 5.73 Å². The van der Waals surface area contributed by atoms with Crippen LogP contribution in [0.4, 0.5) is 0 Å². The molecular formula is C6H13NO2. The van der Waals surface area contributed by atoms with Gasteiger partial charge in [-0.1, -0.05) is 6.08 Å². The summed E-state index contributed by atoms with van der Waals surface area (Å²) in [5.74, 6) is 0. The molecule has 0 fully saturated rings. The maximum absolute atomic E-state index is 8.83. The fourth-order valence-electron chi connectivity index (χ4n) is 0.405. The average molecular weight is 131 g/mol. The zero-order chi connectivity index (χ0) is 7.11. The zero-order valence-corrected chi connectivity index (χ0v) is 5.42. The van der Waals surface area contributed by atoms with Gasteiger partial charge >= 0.3 is 0 Å². The minimum absolute atomic E-state index is 0.376. The molecule has 9 heavy (non-hydrogen) atoms. The molecule has 0 saturated heterocycles. The zero-order valence-electron chi connectivity index (χ0n) is 5.42. The Morgan fingerprint density at radius 3 is 2.89 bits per heavy atom. The maximum Gasteiger partial charge on any atom is 0.156 e. The van der Waals surface area contributed by atoms with E-state index in [1.54, 1.807) is 6.08 Å². The van der Waals surface area contributed by atoms with Crippen molar-refractivity contribution in [1.29, 1.82) is 0 Å². The summed E-state index contributed by atoms with van der Waals surface area (Å²) in [4.78, 5) is 0. The van der Waals surface area contributed by atoms with Crippen LogP contribution < -0.4 is 5.73 Å². The van der Waals surface area contributed by atoms with Gasteiger partial charge in [0.05, 0.1) is 6.61 Å². The van der Waals surface area contributed by atoms with Gasteiger partial charge in [-0.25, -0.2) is 0 Å². The molecule has 54 valence electrons. The van der Waals surface area contributed by atoms with Crippen molar-refractivity contribution in [3.05, 3.63) is 12.7 Å². The number of hydrogen-bond donors (Lipinski definition) is 2. The molecule has 0 aromatic carbocycles. The van der Waals surface area contributed by atoms with E-state index in [0.29, 0.717) is 19.6 Å². The molecule has 0 heterocycles. The Hall–Kier alpha value is -0.380. The molecular weight excluding hydrogens is 118 g/mol. The second-order valence-electron chi connectivity index (χ2n) is 1.65. The van der Waals surface area contributed by atoms with Crippen LogP contribution in [0.3, 0.4) is 0 Å². The minimum atomic E-state index is -0.729. The predicted molar refractivity (Wildman–Crippen MR) is 35.8 cm³/mol. The fourth-order valence-corrected chi connectivity index (χ4v) is 0.405. The lowest BCUT2D eigenvalue weighted by atomic mass is 10.4. The van der Waals surface area contributed by atoms with Crippen molar-refractivity contribution < 1.29 is 9.84 Å². The van der Waals surface area contributed by atoms with Crippen LogP contribution in [0.2, 0.25) is 0 Å². The number of ether oxygens (including phenoxy) is 1. The Kier molecular flexibility index (Phi) is 5.51. The topological polar surface area (TPSA) is 55.5 Å². The average Bonchev–Trinajstić information content (AvgIpc) is 1.85. The lowest BCUT2D eigenvalue weighted by Gasteiger charge is -2.07. The number of rotatable bonds is 5. The summed E-state index contributed by atoms with van der Waals surface area (Å²) in [6, 6.07) is 0. The third-order valence-corrected chi connectivity index (χ3v) is 0.820. The predicted octanol–water partition coefficient (Wildman–Crippen LogP) is -0.144. The summed E-state index contributed by atoms with van der Waals surface area (Å²) in [6.07, 6.45) is 1.33. The highest BCUT2D eigenvalue weighted by Crippen LogP contribution is 1.90. The van der Waals surface area contributed by atoms with Crippen LogP contribution in [-0.2, 0) is 4.74 Å². The molecule has 0 aromatic heterocycles. The Labute approximate surface area is 55.1 Å². The molecule has 0 rings (SSSR count). The Balaban J connectivity index is 3.04. The summed E-state index contributed by atoms with van der Waals surface area (Å²) in [5.41, 5.74) is 5.14. The van der Waals surface area contributed by atoms with Crippen LogP contribution in [0.1, 0.15) is 6.42 Å². The molecule has 3 nitrogen and oxygen atoms in total. The van der Waals surface area contributed by atoms with Crippen LogP contribution in [0.25, 0.3) is 0 Å². The van der Waals surface area contributed by atoms with Gasteiger partial charge in [0.25, 0.3) is 0 Å². The van der Waals surface area contributed by atoms with Gasteiger partial charge < -0.3 is 15.6 Å². The van der Waals surface area contributed by atoms with Gasteiger partial charge in [-0.2, -0.15) is 0 Å². The third-order valence-electron chi connectivity index (χ3n) is 0.820. The lowest BCUT2D eigenvalue weighted by molar-refractivity contribution is -0.0909. The van der Waals surface area contributed by atoms with Crippen molar-refractivity contribution in [2.45, 2.75) is 12.7 Å². The second kappa shape index (κ2) is 5.75. The fraction of sp³-hybridized carbons (Fsp3) is 0.667. The van der Waals surface area contributed by atoms with Crippen molar-refractivity contribution in [1.82, 2.24) is 0 Å². The molecule has 0 aliphatic heterocycles. The van der Waals surface area contributed by atoms with Gasteiger partial charge in [-0.3, -0.25) is 0 Å². The molecule has 1 unspecified atom stereocenters. The van der Waals surface area contributed by atoms with Gasteiger partial charge in [0, 0.05) is 6.42 Å². The van der Waals surface area contributed by atoms with Gasteiger partial charge in [-0.15, -0.1) is 6.58 Å². The largest absolute Gasteiger partial charge is 0.368 e. The van der Waals surface area contributed by atoms with E-state index >= 15 is 0 Å². The first kappa shape index (κ1) is 8.62. The lowest BCUT2D eigenvalue weighted by Crippen LogP contribution is -2.16. The van der Waals surface area contributed by atoms with Crippen LogP contribution >= 0.6 is 0 Å². The Morgan fingerprint density at radius 2 is 2.44 bits per heavy atom. The molecule has 3 heteroatoms. The van der Waals surface area contributed by atoms with Crippen LogP contribution in [0.5, 0.6) is 0 Å². The summed E-state index contributed by atoms with van der Waals surface area (Å²) in [7, 11) is 0. The van der Waals surface area contributed by atoms with Gasteiger partial charge in [0.1, 0.15) is 0 Å². The number of aliphatic hydroxyl groups excluding tert-OH is 1. The molecule has 0 radical (unpaired) electrons. The van der Waals surface area contributed by atoms with Gasteiger partial charge in [0.2, 0.25) is 0 Å². The van der Waals surface area contributed by atoms with Gasteiger partial charge in [0.15, 0.2) is 6.29 Å². The van der Waals surface area contributed by atoms with E-state index in [9.17, 15) is 0 Å². The van der Waals surface area contributed by atoms with E-state index in [0.717, 1.165) is 0 Å². The first-order chi connectivity index (χ1) is 4.31. The molecule has 0 bridgehead atoms. The molecule has 0 spiro atoms. The highest BCUT2D eigenvalue weighted by Gasteiger charge is 1.98. The van der Waals surface area contributed by atoms with E-state index in [4.69, 9.17) is 15.6 Å². The normalized spacial score (nSPS) is 13.1. The standard InChI is InChI=1S/C6H13NO2/c1-2-5-9-6(8)3-4-7/h2,6,8H,1,3-5,7H2. The first-order valence-electron chi connectivity index (χ1n) is 2.92. The molecule has 0 saturated carbocycles. The molecule has 3 N–H and O–H groups in total. The summed E-state index contributed by atoms with van der Waals surface area (Å²) in [6.45, 7) is 4.24. The highest BCUT2D eigenvalue weighted by molar-refractivity contribution is 4.64. The maximum atomic E-state index is 8.83. The minimum Gasteiger partial charge on any atom is -0.368 e. The van der Waals surface area contributed by atoms with Crippen molar-refractivity contribution in [3.63, 3.8) is 0 Å². The van der Waals surface area contributed by atoms with Crippen LogP contribution in [0, 0.1) is 0 Å². The molecule has 1 atom stereocenters. The van der Waals surface area contributed by atoms with Crippen LogP contribution in [-0.4, -0.2) is 24.5 Å². The smallest absolute Gasteiger partial charge is 0.156 e. The first-order valence-corrected chi connectivity index (χ1v) is 2.92.